The Labute approximate surface area is 190 Å². The number of amides is 1. The standard InChI is InChI=1S/C20H23N5O2S2.ClH/c1-6-10-25-17(15-8-7-9-16(11-15)27-5)23-24-20(25)29-14(4)18(26)22-19-21-12(2)13(3)28-19;/h6-9,11,14H,1,10H2,2-5H3,(H,21,22,26);1H. The second-order valence-electron chi connectivity index (χ2n) is 6.35. The second kappa shape index (κ2) is 10.6. The molecule has 1 aromatic carbocycles. The molecule has 2 heterocycles. The van der Waals surface area contributed by atoms with E-state index in [-0.39, 0.29) is 23.6 Å². The Balaban J connectivity index is 0.00000320. The smallest absolute Gasteiger partial charge is 0.239 e. The summed E-state index contributed by atoms with van der Waals surface area (Å²) < 4.78 is 7.24. The normalized spacial score (nSPS) is 11.5. The van der Waals surface area contributed by atoms with E-state index in [1.807, 2.05) is 49.6 Å². The molecule has 1 unspecified atom stereocenters. The van der Waals surface area contributed by atoms with Crippen LogP contribution in [0.1, 0.15) is 17.5 Å². The monoisotopic (exact) mass is 465 g/mol. The first-order chi connectivity index (χ1) is 13.9. The minimum Gasteiger partial charge on any atom is -0.497 e. The molecule has 1 N–H and O–H groups in total. The number of allylic oxidation sites excluding steroid dienone is 1. The highest BCUT2D eigenvalue weighted by Crippen LogP contribution is 2.29. The number of thioether (sulfide) groups is 1. The molecular weight excluding hydrogens is 442 g/mol. The van der Waals surface area contributed by atoms with Crippen LogP contribution in [0.4, 0.5) is 5.13 Å². The van der Waals surface area contributed by atoms with Gasteiger partial charge in [-0.05, 0) is 32.9 Å². The molecule has 3 rings (SSSR count). The molecule has 0 fully saturated rings. The zero-order valence-electron chi connectivity index (χ0n) is 17.2. The fourth-order valence-corrected chi connectivity index (χ4v) is 4.27. The van der Waals surface area contributed by atoms with Gasteiger partial charge >= 0.3 is 0 Å². The van der Waals surface area contributed by atoms with Crippen molar-refractivity contribution in [3.8, 4) is 17.1 Å². The molecule has 0 aliphatic heterocycles. The molecule has 30 heavy (non-hydrogen) atoms. The van der Waals surface area contributed by atoms with Crippen molar-refractivity contribution >= 4 is 46.5 Å². The van der Waals surface area contributed by atoms with Crippen LogP contribution < -0.4 is 10.1 Å². The molecule has 0 bridgehead atoms. The van der Waals surface area contributed by atoms with Gasteiger partial charge in [0.2, 0.25) is 5.91 Å². The van der Waals surface area contributed by atoms with Crippen molar-refractivity contribution in [1.29, 1.82) is 0 Å². The minimum absolute atomic E-state index is 0. The number of halogens is 1. The van der Waals surface area contributed by atoms with Gasteiger partial charge in [0.1, 0.15) is 5.75 Å². The number of ether oxygens (including phenoxy) is 1. The number of benzene rings is 1. The van der Waals surface area contributed by atoms with E-state index in [0.717, 1.165) is 21.9 Å². The number of hydrogen-bond acceptors (Lipinski definition) is 7. The predicted octanol–water partition coefficient (Wildman–Crippen LogP) is 4.75. The summed E-state index contributed by atoms with van der Waals surface area (Å²) in [6, 6.07) is 7.63. The van der Waals surface area contributed by atoms with Crippen molar-refractivity contribution in [1.82, 2.24) is 19.7 Å². The summed E-state index contributed by atoms with van der Waals surface area (Å²) >= 11 is 2.82. The van der Waals surface area contributed by atoms with Gasteiger partial charge in [0.15, 0.2) is 16.1 Å². The van der Waals surface area contributed by atoms with Gasteiger partial charge in [-0.2, -0.15) is 0 Å². The lowest BCUT2D eigenvalue weighted by Crippen LogP contribution is -2.22. The van der Waals surface area contributed by atoms with Crippen LogP contribution in [-0.2, 0) is 11.3 Å². The van der Waals surface area contributed by atoms with Gasteiger partial charge in [0.25, 0.3) is 0 Å². The summed E-state index contributed by atoms with van der Waals surface area (Å²) in [6.45, 7) is 10.1. The van der Waals surface area contributed by atoms with Gasteiger partial charge in [-0.3, -0.25) is 9.36 Å². The van der Waals surface area contributed by atoms with Gasteiger partial charge in [-0.1, -0.05) is 30.0 Å². The average molecular weight is 466 g/mol. The molecule has 160 valence electrons. The van der Waals surface area contributed by atoms with Crippen molar-refractivity contribution in [2.45, 2.75) is 37.7 Å². The lowest BCUT2D eigenvalue weighted by molar-refractivity contribution is -0.115. The first kappa shape index (κ1) is 23.9. The highest BCUT2D eigenvalue weighted by Gasteiger charge is 2.21. The van der Waals surface area contributed by atoms with Crippen LogP contribution in [0.2, 0.25) is 0 Å². The number of carbonyl (C=O) groups excluding carboxylic acids is 1. The summed E-state index contributed by atoms with van der Waals surface area (Å²) in [5.74, 6) is 1.32. The van der Waals surface area contributed by atoms with Gasteiger partial charge in [-0.25, -0.2) is 4.98 Å². The molecule has 0 radical (unpaired) electrons. The number of nitrogens with one attached hydrogen (secondary N) is 1. The van der Waals surface area contributed by atoms with Crippen molar-refractivity contribution < 1.29 is 9.53 Å². The Morgan fingerprint density at radius 3 is 2.80 bits per heavy atom. The Kier molecular flexibility index (Phi) is 8.45. The maximum atomic E-state index is 12.6. The number of nitrogens with zero attached hydrogens (tertiary/aromatic N) is 4. The number of carbonyl (C=O) groups is 1. The highest BCUT2D eigenvalue weighted by molar-refractivity contribution is 8.00. The number of thiazole rings is 1. The van der Waals surface area contributed by atoms with E-state index in [1.54, 1.807) is 13.2 Å². The molecule has 0 saturated carbocycles. The van der Waals surface area contributed by atoms with Crippen molar-refractivity contribution in [2.24, 2.45) is 0 Å². The lowest BCUT2D eigenvalue weighted by atomic mass is 10.2. The number of hydrogen-bond donors (Lipinski definition) is 1. The van der Waals surface area contributed by atoms with Gasteiger partial charge < -0.3 is 10.1 Å². The quantitative estimate of drug-likeness (QED) is 0.381. The van der Waals surface area contributed by atoms with Gasteiger partial charge in [0.05, 0.1) is 18.1 Å². The molecule has 1 atom stereocenters. The van der Waals surface area contributed by atoms with Crippen molar-refractivity contribution in [3.63, 3.8) is 0 Å². The number of anilines is 1. The van der Waals surface area contributed by atoms with Gasteiger partial charge in [0, 0.05) is 17.0 Å². The van der Waals surface area contributed by atoms with E-state index in [2.05, 4.69) is 27.1 Å². The Bertz CT molecular complexity index is 1010. The zero-order chi connectivity index (χ0) is 21.0. The van der Waals surface area contributed by atoms with Crippen LogP contribution >= 0.6 is 35.5 Å². The SMILES string of the molecule is C=CCn1c(SC(C)C(=O)Nc2nc(C)c(C)s2)nnc1-c1cccc(OC)c1.Cl. The zero-order valence-corrected chi connectivity index (χ0v) is 19.7. The Morgan fingerprint density at radius 1 is 1.40 bits per heavy atom. The fraction of sp³-hybridized carbons (Fsp3) is 0.300. The predicted molar refractivity (Wildman–Crippen MR) is 125 cm³/mol. The van der Waals surface area contributed by atoms with E-state index in [4.69, 9.17) is 4.74 Å². The second-order valence-corrected chi connectivity index (χ2v) is 8.86. The van der Waals surface area contributed by atoms with Crippen LogP contribution in [-0.4, -0.2) is 38.0 Å². The largest absolute Gasteiger partial charge is 0.497 e. The third-order valence-corrected chi connectivity index (χ3v) is 6.34. The molecule has 0 aliphatic carbocycles. The third kappa shape index (κ3) is 5.41. The molecule has 0 aliphatic rings. The summed E-state index contributed by atoms with van der Waals surface area (Å²) in [5, 5.41) is 12.4. The van der Waals surface area contributed by atoms with E-state index in [1.165, 1.54) is 23.1 Å². The number of aromatic nitrogens is 4. The molecule has 10 heteroatoms. The van der Waals surface area contributed by atoms with E-state index in [9.17, 15) is 4.79 Å². The fourth-order valence-electron chi connectivity index (χ4n) is 2.59. The summed E-state index contributed by atoms with van der Waals surface area (Å²) in [7, 11) is 1.63. The third-order valence-electron chi connectivity index (χ3n) is 4.27. The molecule has 7 nitrogen and oxygen atoms in total. The molecule has 1 amide bonds. The maximum absolute atomic E-state index is 12.6. The molecular formula is C20H24ClN5O2S2. The van der Waals surface area contributed by atoms with E-state index < -0.39 is 0 Å². The Hall–Kier alpha value is -2.36. The molecule has 0 spiro atoms. The van der Waals surface area contributed by atoms with Crippen LogP contribution in [0, 0.1) is 13.8 Å². The maximum Gasteiger partial charge on any atom is 0.239 e. The first-order valence-electron chi connectivity index (χ1n) is 9.03. The number of rotatable bonds is 8. The number of aryl methyl sites for hydroxylation is 2. The molecule has 3 aromatic rings. The van der Waals surface area contributed by atoms with Crippen molar-refractivity contribution in [2.75, 3.05) is 12.4 Å². The highest BCUT2D eigenvalue weighted by atomic mass is 35.5. The van der Waals surface area contributed by atoms with Crippen LogP contribution in [0.15, 0.2) is 42.1 Å². The van der Waals surface area contributed by atoms with Crippen LogP contribution in [0.3, 0.4) is 0 Å². The topological polar surface area (TPSA) is 81.9 Å². The Morgan fingerprint density at radius 2 is 2.17 bits per heavy atom. The molecule has 2 aromatic heterocycles. The summed E-state index contributed by atoms with van der Waals surface area (Å²) in [6.07, 6.45) is 1.78. The van der Waals surface area contributed by atoms with Gasteiger partial charge in [-0.15, -0.1) is 40.5 Å². The summed E-state index contributed by atoms with van der Waals surface area (Å²) in [5.41, 5.74) is 1.82. The van der Waals surface area contributed by atoms with E-state index >= 15 is 0 Å². The average Bonchev–Trinajstić information content (AvgIpc) is 3.24. The van der Waals surface area contributed by atoms with Crippen molar-refractivity contribution in [3.05, 3.63) is 47.5 Å². The summed E-state index contributed by atoms with van der Waals surface area (Å²) in [4.78, 5) is 18.1. The van der Waals surface area contributed by atoms with Crippen LogP contribution in [0.5, 0.6) is 5.75 Å². The first-order valence-corrected chi connectivity index (χ1v) is 10.7. The lowest BCUT2D eigenvalue weighted by Gasteiger charge is -2.12. The minimum atomic E-state index is -0.370. The number of methoxy groups -OCH3 is 1. The van der Waals surface area contributed by atoms with E-state index in [0.29, 0.717) is 22.7 Å². The van der Waals surface area contributed by atoms with Crippen LogP contribution in [0.25, 0.3) is 11.4 Å². The molecule has 0 saturated heterocycles.